The second-order valence-electron chi connectivity index (χ2n) is 9.20. The predicted molar refractivity (Wildman–Crippen MR) is 139 cm³/mol. The number of amides is 1. The number of nitrogens with one attached hydrogen (secondary N) is 1. The van der Waals surface area contributed by atoms with Crippen molar-refractivity contribution in [3.05, 3.63) is 0 Å². The normalized spacial score (nSPS) is 16.8. The average Bonchev–Trinajstić information content (AvgIpc) is 2.93. The Hall–Kier alpha value is -2.16. The number of aliphatic carboxylic acids is 2. The lowest BCUT2D eigenvalue weighted by molar-refractivity contribution is -0.144. The molecule has 38 heavy (non-hydrogen) atoms. The molecule has 1 atom stereocenters. The molecule has 220 valence electrons. The van der Waals surface area contributed by atoms with Gasteiger partial charge >= 0.3 is 11.9 Å². The molecule has 0 radical (unpaired) electrons. The first kappa shape index (κ1) is 33.9. The Balaban J connectivity index is 2.45. The van der Waals surface area contributed by atoms with Crippen molar-refractivity contribution in [2.75, 3.05) is 98.5 Å². The van der Waals surface area contributed by atoms with Crippen molar-refractivity contribution in [1.29, 1.82) is 0 Å². The number of carboxylic acid groups (broad SMARTS) is 2. The zero-order valence-corrected chi connectivity index (χ0v) is 22.9. The molecule has 13 nitrogen and oxygen atoms in total. The SMILES string of the molecule is CCOCCOCCOCCCNC(=O)CCC(C(=O)O)N1CCN(CC(C)=O)CCN(CC(=O)O)CC1. The summed E-state index contributed by atoms with van der Waals surface area (Å²) in [5.41, 5.74) is 0. The van der Waals surface area contributed by atoms with Gasteiger partial charge in [0.05, 0.1) is 39.5 Å². The van der Waals surface area contributed by atoms with Crippen LogP contribution in [0.5, 0.6) is 0 Å². The molecule has 1 heterocycles. The molecule has 13 heteroatoms. The summed E-state index contributed by atoms with van der Waals surface area (Å²) >= 11 is 0. The summed E-state index contributed by atoms with van der Waals surface area (Å²) < 4.78 is 16.0. The van der Waals surface area contributed by atoms with Gasteiger partial charge in [-0.1, -0.05) is 0 Å². The minimum atomic E-state index is -1.03. The third kappa shape index (κ3) is 16.6. The number of carbonyl (C=O) groups excluding carboxylic acids is 2. The van der Waals surface area contributed by atoms with Gasteiger partial charge in [-0.2, -0.15) is 0 Å². The van der Waals surface area contributed by atoms with E-state index in [-0.39, 0.29) is 37.6 Å². The van der Waals surface area contributed by atoms with Crippen LogP contribution in [0.3, 0.4) is 0 Å². The summed E-state index contributed by atoms with van der Waals surface area (Å²) in [6.07, 6.45) is 0.810. The Morgan fingerprint density at radius 1 is 0.816 bits per heavy atom. The molecule has 0 spiro atoms. The first-order valence-electron chi connectivity index (χ1n) is 13.4. The molecule has 0 aliphatic carbocycles. The van der Waals surface area contributed by atoms with Crippen molar-refractivity contribution < 1.29 is 43.6 Å². The second kappa shape index (κ2) is 20.8. The summed E-state index contributed by atoms with van der Waals surface area (Å²) in [6.45, 7) is 9.68. The van der Waals surface area contributed by atoms with Crippen LogP contribution in [-0.4, -0.2) is 153 Å². The molecule has 3 N–H and O–H groups in total. The number of nitrogens with zero attached hydrogens (tertiary/aromatic N) is 3. The highest BCUT2D eigenvalue weighted by Gasteiger charge is 2.28. The number of carbonyl (C=O) groups is 4. The largest absolute Gasteiger partial charge is 0.480 e. The molecule has 1 aliphatic heterocycles. The summed E-state index contributed by atoms with van der Waals surface area (Å²) in [7, 11) is 0. The molecular weight excluding hydrogens is 500 g/mol. The number of Topliss-reactive ketones (excluding diaryl/α,β-unsaturated/α-hetero) is 1. The maximum Gasteiger partial charge on any atom is 0.320 e. The van der Waals surface area contributed by atoms with E-state index in [2.05, 4.69) is 5.32 Å². The maximum atomic E-state index is 12.3. The Kier molecular flexibility index (Phi) is 18.5. The van der Waals surface area contributed by atoms with E-state index in [1.165, 1.54) is 6.92 Å². The van der Waals surface area contributed by atoms with Gasteiger partial charge in [0.2, 0.25) is 5.91 Å². The molecular formula is C25H46N4O9. The molecule has 1 unspecified atom stereocenters. The van der Waals surface area contributed by atoms with Crippen LogP contribution >= 0.6 is 0 Å². The summed E-state index contributed by atoms with van der Waals surface area (Å²) in [6, 6.07) is -0.893. The van der Waals surface area contributed by atoms with Crippen molar-refractivity contribution in [3.63, 3.8) is 0 Å². The third-order valence-corrected chi connectivity index (χ3v) is 6.05. The summed E-state index contributed by atoms with van der Waals surface area (Å²) in [5, 5.41) is 21.9. The van der Waals surface area contributed by atoms with E-state index >= 15 is 0 Å². The Morgan fingerprint density at radius 3 is 1.92 bits per heavy atom. The number of hydrogen-bond acceptors (Lipinski definition) is 10. The molecule has 0 aromatic carbocycles. The highest BCUT2D eigenvalue weighted by molar-refractivity contribution is 5.78. The molecule has 1 saturated heterocycles. The first-order chi connectivity index (χ1) is 18.2. The predicted octanol–water partition coefficient (Wildman–Crippen LogP) is -0.611. The minimum Gasteiger partial charge on any atom is -0.480 e. The van der Waals surface area contributed by atoms with E-state index < -0.39 is 18.0 Å². The quantitative estimate of drug-likeness (QED) is 0.167. The molecule has 0 aromatic heterocycles. The zero-order chi connectivity index (χ0) is 28.2. The molecule has 0 saturated carbocycles. The van der Waals surface area contributed by atoms with Crippen LogP contribution in [0.15, 0.2) is 0 Å². The summed E-state index contributed by atoms with van der Waals surface area (Å²) in [5.74, 6) is -2.23. The number of ether oxygens (including phenoxy) is 3. The van der Waals surface area contributed by atoms with E-state index in [1.807, 2.05) is 11.8 Å². The number of rotatable bonds is 20. The molecule has 1 aliphatic rings. The number of carboxylic acids is 2. The number of ketones is 1. The zero-order valence-electron chi connectivity index (χ0n) is 22.9. The topological polar surface area (TPSA) is 158 Å². The van der Waals surface area contributed by atoms with E-state index in [4.69, 9.17) is 14.2 Å². The van der Waals surface area contributed by atoms with Crippen LogP contribution in [0.2, 0.25) is 0 Å². The van der Waals surface area contributed by atoms with E-state index in [0.717, 1.165) is 0 Å². The van der Waals surface area contributed by atoms with Crippen molar-refractivity contribution >= 4 is 23.6 Å². The van der Waals surface area contributed by atoms with Crippen molar-refractivity contribution in [3.8, 4) is 0 Å². The van der Waals surface area contributed by atoms with Crippen LogP contribution in [-0.2, 0) is 33.4 Å². The molecule has 0 aromatic rings. The standard InChI is InChI=1S/C25H46N4O9/c1-3-36-15-16-38-18-17-37-14-4-7-26-23(31)6-5-22(25(34)35)29-12-10-27(19-21(2)30)8-9-28(11-13-29)20-24(32)33/h22H,3-20H2,1-2H3,(H,26,31)(H,32,33)(H,34,35). The van der Waals surface area contributed by atoms with Gasteiger partial charge in [-0.15, -0.1) is 0 Å². The molecule has 1 rings (SSSR count). The fraction of sp³-hybridized carbons (Fsp3) is 0.840. The monoisotopic (exact) mass is 546 g/mol. The minimum absolute atomic E-state index is 0.0109. The molecule has 1 fully saturated rings. The lowest BCUT2D eigenvalue weighted by Crippen LogP contribution is -2.47. The van der Waals surface area contributed by atoms with Crippen LogP contribution in [0.4, 0.5) is 0 Å². The Morgan fingerprint density at radius 2 is 1.37 bits per heavy atom. The van der Waals surface area contributed by atoms with E-state index in [9.17, 15) is 29.4 Å². The van der Waals surface area contributed by atoms with Crippen LogP contribution in [0.25, 0.3) is 0 Å². The first-order valence-corrected chi connectivity index (χ1v) is 13.4. The smallest absolute Gasteiger partial charge is 0.320 e. The molecule has 0 bridgehead atoms. The molecule has 1 amide bonds. The third-order valence-electron chi connectivity index (χ3n) is 6.05. The van der Waals surface area contributed by atoms with E-state index in [1.54, 1.807) is 9.80 Å². The van der Waals surface area contributed by atoms with Gasteiger partial charge in [0.15, 0.2) is 0 Å². The highest BCUT2D eigenvalue weighted by atomic mass is 16.5. The van der Waals surface area contributed by atoms with Crippen molar-refractivity contribution in [2.24, 2.45) is 0 Å². The van der Waals surface area contributed by atoms with Gasteiger partial charge in [0.25, 0.3) is 0 Å². The van der Waals surface area contributed by atoms with Crippen LogP contribution < -0.4 is 5.32 Å². The second-order valence-corrected chi connectivity index (χ2v) is 9.20. The van der Waals surface area contributed by atoms with Crippen LogP contribution in [0.1, 0.15) is 33.1 Å². The Bertz CT molecular complexity index is 682. The highest BCUT2D eigenvalue weighted by Crippen LogP contribution is 2.11. The fourth-order valence-electron chi connectivity index (χ4n) is 4.10. The lowest BCUT2D eigenvalue weighted by Gasteiger charge is -2.30. The van der Waals surface area contributed by atoms with E-state index in [0.29, 0.717) is 91.9 Å². The lowest BCUT2D eigenvalue weighted by atomic mass is 10.1. The number of hydrogen-bond donors (Lipinski definition) is 3. The van der Waals surface area contributed by atoms with Gasteiger partial charge < -0.3 is 29.7 Å². The van der Waals surface area contributed by atoms with Crippen molar-refractivity contribution in [1.82, 2.24) is 20.0 Å². The van der Waals surface area contributed by atoms with Gasteiger partial charge in [0, 0.05) is 65.4 Å². The average molecular weight is 547 g/mol. The van der Waals surface area contributed by atoms with Crippen LogP contribution in [0, 0.1) is 0 Å². The van der Waals surface area contributed by atoms with Gasteiger partial charge in [-0.05, 0) is 26.7 Å². The van der Waals surface area contributed by atoms with Gasteiger partial charge in [0.1, 0.15) is 11.8 Å². The maximum absolute atomic E-state index is 12.3. The fourth-order valence-corrected chi connectivity index (χ4v) is 4.10. The Labute approximate surface area is 225 Å². The van der Waals surface area contributed by atoms with Gasteiger partial charge in [-0.25, -0.2) is 0 Å². The summed E-state index contributed by atoms with van der Waals surface area (Å²) in [4.78, 5) is 52.7. The van der Waals surface area contributed by atoms with Crippen molar-refractivity contribution in [2.45, 2.75) is 39.2 Å². The van der Waals surface area contributed by atoms with Gasteiger partial charge in [-0.3, -0.25) is 33.9 Å².